The van der Waals surface area contributed by atoms with Gasteiger partial charge in [-0.3, -0.25) is 4.79 Å². The summed E-state index contributed by atoms with van der Waals surface area (Å²) in [5.74, 6) is 0.391. The molecule has 0 bridgehead atoms. The van der Waals surface area contributed by atoms with Gasteiger partial charge in [0, 0.05) is 26.7 Å². The Morgan fingerprint density at radius 2 is 1.96 bits per heavy atom. The second-order valence-electron chi connectivity index (χ2n) is 5.52. The van der Waals surface area contributed by atoms with Crippen LogP contribution in [0.2, 0.25) is 0 Å². The fraction of sp³-hybridized carbons (Fsp3) is 0.500. The van der Waals surface area contributed by atoms with Gasteiger partial charge in [-0.05, 0) is 30.5 Å². The van der Waals surface area contributed by atoms with Gasteiger partial charge in [-0.25, -0.2) is 0 Å². The van der Waals surface area contributed by atoms with Crippen LogP contribution in [-0.2, 0) is 11.3 Å². The molecule has 1 saturated heterocycles. The van der Waals surface area contributed by atoms with Crippen LogP contribution in [0.25, 0.3) is 0 Å². The Bertz CT molecular complexity index is 564. The first-order valence-electron chi connectivity index (χ1n) is 7.65. The molecule has 8 heteroatoms. The van der Waals surface area contributed by atoms with E-state index in [1.165, 1.54) is 23.9 Å². The van der Waals surface area contributed by atoms with Crippen molar-refractivity contribution >= 4 is 34.2 Å². The van der Waals surface area contributed by atoms with E-state index in [0.29, 0.717) is 12.3 Å². The molecule has 1 fully saturated rings. The number of alkyl halides is 2. The van der Waals surface area contributed by atoms with Gasteiger partial charge in [-0.1, -0.05) is 36.1 Å². The van der Waals surface area contributed by atoms with Crippen molar-refractivity contribution in [1.29, 1.82) is 0 Å². The lowest BCUT2D eigenvalue weighted by atomic mass is 10.2. The summed E-state index contributed by atoms with van der Waals surface area (Å²) in [5.41, 5.74) is 0.847. The van der Waals surface area contributed by atoms with E-state index in [0.717, 1.165) is 35.8 Å². The summed E-state index contributed by atoms with van der Waals surface area (Å²) in [7, 11) is 1.71. The standard InChI is InChI=1S/C16H20F2N2O2S2/c1-19(10-12-4-6-13(7-5-12)22-15(17)18)14(21)11-24-16(23)20-8-2-3-9-20/h4-7,15H,2-3,8-11H2,1H3. The van der Waals surface area contributed by atoms with Crippen molar-refractivity contribution in [3.05, 3.63) is 29.8 Å². The average Bonchev–Trinajstić information content (AvgIpc) is 3.08. The zero-order valence-corrected chi connectivity index (χ0v) is 15.0. The number of rotatable bonds is 6. The number of nitrogens with zero attached hydrogens (tertiary/aromatic N) is 2. The summed E-state index contributed by atoms with van der Waals surface area (Å²) in [4.78, 5) is 15.9. The Labute approximate surface area is 150 Å². The molecule has 0 N–H and O–H groups in total. The third-order valence-corrected chi connectivity index (χ3v) is 5.19. The molecule has 0 atom stereocenters. The Kier molecular flexibility index (Phi) is 7.23. The van der Waals surface area contributed by atoms with Gasteiger partial charge in [0.25, 0.3) is 0 Å². The number of likely N-dealkylation sites (tertiary alicyclic amines) is 1. The minimum Gasteiger partial charge on any atom is -0.435 e. The summed E-state index contributed by atoms with van der Waals surface area (Å²) in [6.45, 7) is -0.479. The van der Waals surface area contributed by atoms with Crippen LogP contribution in [-0.4, -0.2) is 52.5 Å². The van der Waals surface area contributed by atoms with E-state index in [2.05, 4.69) is 9.64 Å². The van der Waals surface area contributed by atoms with Crippen LogP contribution < -0.4 is 4.74 Å². The quantitative estimate of drug-likeness (QED) is 0.713. The maximum absolute atomic E-state index is 12.2. The number of hydrogen-bond donors (Lipinski definition) is 0. The third-order valence-electron chi connectivity index (χ3n) is 3.68. The summed E-state index contributed by atoms with van der Waals surface area (Å²) in [5, 5.41) is 0. The van der Waals surface area contributed by atoms with Crippen molar-refractivity contribution in [2.45, 2.75) is 26.0 Å². The number of carbonyl (C=O) groups is 1. The highest BCUT2D eigenvalue weighted by Crippen LogP contribution is 2.18. The summed E-state index contributed by atoms with van der Waals surface area (Å²) in [6.07, 6.45) is 2.31. The van der Waals surface area contributed by atoms with E-state index >= 15 is 0 Å². The van der Waals surface area contributed by atoms with Gasteiger partial charge in [0.2, 0.25) is 5.91 Å². The van der Waals surface area contributed by atoms with Gasteiger partial charge in [-0.15, -0.1) is 0 Å². The number of ether oxygens (including phenoxy) is 1. The smallest absolute Gasteiger partial charge is 0.387 e. The summed E-state index contributed by atoms with van der Waals surface area (Å²) >= 11 is 6.73. The lowest BCUT2D eigenvalue weighted by molar-refractivity contribution is -0.127. The van der Waals surface area contributed by atoms with Gasteiger partial charge in [0.15, 0.2) is 0 Å². The topological polar surface area (TPSA) is 32.8 Å². The van der Waals surface area contributed by atoms with E-state index < -0.39 is 6.61 Å². The molecule has 1 heterocycles. The van der Waals surface area contributed by atoms with E-state index in [4.69, 9.17) is 12.2 Å². The van der Waals surface area contributed by atoms with Crippen LogP contribution >= 0.6 is 24.0 Å². The Morgan fingerprint density at radius 3 is 2.54 bits per heavy atom. The van der Waals surface area contributed by atoms with E-state index in [9.17, 15) is 13.6 Å². The highest BCUT2D eigenvalue weighted by molar-refractivity contribution is 8.23. The average molecular weight is 374 g/mol. The minimum absolute atomic E-state index is 0.0190. The first-order valence-corrected chi connectivity index (χ1v) is 9.04. The van der Waals surface area contributed by atoms with E-state index in [-0.39, 0.29) is 11.7 Å². The van der Waals surface area contributed by atoms with Gasteiger partial charge in [-0.2, -0.15) is 8.78 Å². The molecule has 132 valence electrons. The molecule has 1 aliphatic heterocycles. The van der Waals surface area contributed by atoms with Crippen LogP contribution in [0.5, 0.6) is 5.75 Å². The molecule has 1 aromatic rings. The number of benzene rings is 1. The zero-order chi connectivity index (χ0) is 17.5. The SMILES string of the molecule is CN(Cc1ccc(OC(F)F)cc1)C(=O)CSC(=S)N1CCCC1. The third kappa shape index (κ3) is 5.90. The Hall–Kier alpha value is -1.41. The molecule has 24 heavy (non-hydrogen) atoms. The molecular formula is C16H20F2N2O2S2. The largest absolute Gasteiger partial charge is 0.435 e. The van der Waals surface area contributed by atoms with Crippen LogP contribution in [0.15, 0.2) is 24.3 Å². The number of thiocarbonyl (C=S) groups is 1. The molecule has 0 spiro atoms. The molecule has 0 unspecified atom stereocenters. The molecule has 4 nitrogen and oxygen atoms in total. The van der Waals surface area contributed by atoms with E-state index in [1.807, 2.05) is 0 Å². The van der Waals surface area contributed by atoms with Crippen LogP contribution in [0.1, 0.15) is 18.4 Å². The minimum atomic E-state index is -2.84. The van der Waals surface area contributed by atoms with Gasteiger partial charge < -0.3 is 14.5 Å². The monoisotopic (exact) mass is 374 g/mol. The number of halogens is 2. The number of thioether (sulfide) groups is 1. The Balaban J connectivity index is 1.77. The molecule has 1 aliphatic rings. The van der Waals surface area contributed by atoms with Crippen molar-refractivity contribution in [3.63, 3.8) is 0 Å². The molecule has 0 aromatic heterocycles. The normalized spacial score (nSPS) is 14.1. The van der Waals surface area contributed by atoms with Crippen molar-refractivity contribution in [2.75, 3.05) is 25.9 Å². The van der Waals surface area contributed by atoms with Crippen molar-refractivity contribution in [2.24, 2.45) is 0 Å². The predicted molar refractivity (Wildman–Crippen MR) is 95.4 cm³/mol. The maximum Gasteiger partial charge on any atom is 0.387 e. The fourth-order valence-corrected chi connectivity index (χ4v) is 3.55. The van der Waals surface area contributed by atoms with Gasteiger partial charge >= 0.3 is 6.61 Å². The lowest BCUT2D eigenvalue weighted by Gasteiger charge is -2.20. The van der Waals surface area contributed by atoms with E-state index in [1.54, 1.807) is 24.1 Å². The first kappa shape index (κ1) is 18.9. The van der Waals surface area contributed by atoms with Crippen LogP contribution in [0, 0.1) is 0 Å². The Morgan fingerprint density at radius 1 is 1.33 bits per heavy atom. The highest BCUT2D eigenvalue weighted by Gasteiger charge is 2.17. The van der Waals surface area contributed by atoms with Crippen molar-refractivity contribution in [1.82, 2.24) is 9.80 Å². The van der Waals surface area contributed by atoms with Crippen molar-refractivity contribution < 1.29 is 18.3 Å². The van der Waals surface area contributed by atoms with Crippen LogP contribution in [0.4, 0.5) is 8.78 Å². The second kappa shape index (κ2) is 9.17. The molecule has 1 amide bonds. The number of carbonyl (C=O) groups excluding carboxylic acids is 1. The lowest BCUT2D eigenvalue weighted by Crippen LogP contribution is -2.30. The number of amides is 1. The molecule has 0 radical (unpaired) electrons. The first-order chi connectivity index (χ1) is 11.5. The van der Waals surface area contributed by atoms with Crippen molar-refractivity contribution in [3.8, 4) is 5.75 Å². The highest BCUT2D eigenvalue weighted by atomic mass is 32.2. The van der Waals surface area contributed by atoms with Crippen LogP contribution in [0.3, 0.4) is 0 Å². The second-order valence-corrected chi connectivity index (χ2v) is 7.13. The molecule has 2 rings (SSSR count). The predicted octanol–water partition coefficient (Wildman–Crippen LogP) is 3.36. The summed E-state index contributed by atoms with van der Waals surface area (Å²) in [6, 6.07) is 6.28. The summed E-state index contributed by atoms with van der Waals surface area (Å²) < 4.78 is 29.3. The molecule has 0 aliphatic carbocycles. The molecule has 1 aromatic carbocycles. The molecule has 0 saturated carbocycles. The van der Waals surface area contributed by atoms with Gasteiger partial charge in [0.1, 0.15) is 10.1 Å². The molecular weight excluding hydrogens is 354 g/mol. The maximum atomic E-state index is 12.2. The number of hydrogen-bond acceptors (Lipinski definition) is 4. The fourth-order valence-electron chi connectivity index (χ4n) is 2.36. The zero-order valence-electron chi connectivity index (χ0n) is 13.4. The van der Waals surface area contributed by atoms with Gasteiger partial charge in [0.05, 0.1) is 5.75 Å².